The van der Waals surface area contributed by atoms with Gasteiger partial charge in [0.05, 0.1) is 6.54 Å². The monoisotopic (exact) mass is 320 g/mol. The predicted octanol–water partition coefficient (Wildman–Crippen LogP) is 3.21. The van der Waals surface area contributed by atoms with Crippen molar-refractivity contribution < 1.29 is 4.52 Å². The van der Waals surface area contributed by atoms with Crippen LogP contribution in [0.15, 0.2) is 76.2 Å². The number of rotatable bonds is 5. The summed E-state index contributed by atoms with van der Waals surface area (Å²) >= 11 is 0. The van der Waals surface area contributed by atoms with Crippen LogP contribution in [0.2, 0.25) is 0 Å². The van der Waals surface area contributed by atoms with Crippen molar-refractivity contribution in [3.63, 3.8) is 0 Å². The number of nitrogens with zero attached hydrogens (tertiary/aromatic N) is 2. The van der Waals surface area contributed by atoms with Crippen molar-refractivity contribution in [2.75, 3.05) is 7.05 Å². The van der Waals surface area contributed by atoms with Gasteiger partial charge in [0.25, 0.3) is 0 Å². The summed E-state index contributed by atoms with van der Waals surface area (Å²) in [5.41, 5.74) is 3.05. The number of hydrogen-bond donors (Lipinski definition) is 2. The molecule has 0 fully saturated rings. The molecule has 3 rings (SSSR count). The molecule has 5 heteroatoms. The highest BCUT2D eigenvalue weighted by atomic mass is 16.5. The average Bonchev–Trinajstić information content (AvgIpc) is 3.12. The molecule has 0 spiro atoms. The smallest absolute Gasteiger partial charge is 0.191 e. The van der Waals surface area contributed by atoms with E-state index in [0.29, 0.717) is 13.1 Å². The van der Waals surface area contributed by atoms with E-state index in [0.717, 1.165) is 23.0 Å². The second-order valence-electron chi connectivity index (χ2n) is 5.31. The van der Waals surface area contributed by atoms with Gasteiger partial charge in [-0.2, -0.15) is 0 Å². The Labute approximate surface area is 141 Å². The second kappa shape index (κ2) is 7.97. The zero-order valence-electron chi connectivity index (χ0n) is 13.6. The van der Waals surface area contributed by atoms with E-state index in [4.69, 9.17) is 4.52 Å². The quantitative estimate of drug-likeness (QED) is 0.560. The van der Waals surface area contributed by atoms with E-state index < -0.39 is 0 Å². The number of guanidine groups is 1. The molecular weight excluding hydrogens is 300 g/mol. The first kappa shape index (κ1) is 15.8. The molecule has 1 heterocycles. The zero-order chi connectivity index (χ0) is 16.6. The minimum absolute atomic E-state index is 0.546. The van der Waals surface area contributed by atoms with Crippen LogP contribution in [0.25, 0.3) is 11.3 Å². The minimum atomic E-state index is 0.546. The Balaban J connectivity index is 1.54. The molecule has 0 aliphatic carbocycles. The Hall–Kier alpha value is -3.08. The summed E-state index contributed by atoms with van der Waals surface area (Å²) in [6, 6.07) is 22.1. The summed E-state index contributed by atoms with van der Waals surface area (Å²) in [6.07, 6.45) is 0. The molecule has 0 amide bonds. The standard InChI is InChI=1S/C19H20N4O/c1-20-19(21-13-15-8-4-2-5-9-15)22-14-17-12-18(24-23-17)16-10-6-3-7-11-16/h2-12H,13-14H2,1H3,(H2,20,21,22). The van der Waals surface area contributed by atoms with Crippen molar-refractivity contribution in [2.24, 2.45) is 4.99 Å². The first-order valence-corrected chi connectivity index (χ1v) is 7.84. The molecule has 0 atom stereocenters. The summed E-state index contributed by atoms with van der Waals surface area (Å²) in [4.78, 5) is 4.22. The normalized spacial score (nSPS) is 11.3. The Morgan fingerprint density at radius 1 is 0.958 bits per heavy atom. The lowest BCUT2D eigenvalue weighted by Gasteiger charge is -2.10. The molecule has 0 saturated heterocycles. The minimum Gasteiger partial charge on any atom is -0.356 e. The maximum absolute atomic E-state index is 5.40. The SMILES string of the molecule is CN=C(NCc1ccccc1)NCc1cc(-c2ccccc2)on1. The maximum Gasteiger partial charge on any atom is 0.191 e. The van der Waals surface area contributed by atoms with Crippen LogP contribution in [-0.4, -0.2) is 18.2 Å². The van der Waals surface area contributed by atoms with Crippen LogP contribution >= 0.6 is 0 Å². The third kappa shape index (κ3) is 4.23. The molecule has 2 aromatic carbocycles. The van der Waals surface area contributed by atoms with Gasteiger partial charge in [0.2, 0.25) is 0 Å². The Morgan fingerprint density at radius 2 is 1.62 bits per heavy atom. The first-order chi connectivity index (χ1) is 11.8. The Morgan fingerprint density at radius 3 is 2.33 bits per heavy atom. The van der Waals surface area contributed by atoms with Crippen molar-refractivity contribution >= 4 is 5.96 Å². The van der Waals surface area contributed by atoms with Gasteiger partial charge < -0.3 is 15.2 Å². The van der Waals surface area contributed by atoms with Crippen LogP contribution in [-0.2, 0) is 13.1 Å². The third-order valence-electron chi connectivity index (χ3n) is 3.58. The lowest BCUT2D eigenvalue weighted by molar-refractivity contribution is 0.422. The van der Waals surface area contributed by atoms with E-state index in [1.807, 2.05) is 54.6 Å². The number of aromatic nitrogens is 1. The van der Waals surface area contributed by atoms with Crippen LogP contribution < -0.4 is 10.6 Å². The summed E-state index contributed by atoms with van der Waals surface area (Å²) in [5, 5.41) is 10.6. The topological polar surface area (TPSA) is 62.5 Å². The van der Waals surface area contributed by atoms with Crippen molar-refractivity contribution in [3.05, 3.63) is 78.0 Å². The molecule has 0 unspecified atom stereocenters. The number of aliphatic imine (C=N–C) groups is 1. The fourth-order valence-corrected chi connectivity index (χ4v) is 2.31. The van der Waals surface area contributed by atoms with E-state index in [1.54, 1.807) is 7.05 Å². The number of nitrogens with one attached hydrogen (secondary N) is 2. The summed E-state index contributed by atoms with van der Waals surface area (Å²) in [7, 11) is 1.75. The van der Waals surface area contributed by atoms with Crippen LogP contribution in [0.3, 0.4) is 0 Å². The van der Waals surface area contributed by atoms with Crippen molar-refractivity contribution in [2.45, 2.75) is 13.1 Å². The predicted molar refractivity (Wildman–Crippen MR) is 95.4 cm³/mol. The first-order valence-electron chi connectivity index (χ1n) is 7.84. The van der Waals surface area contributed by atoms with E-state index >= 15 is 0 Å². The molecule has 1 aromatic heterocycles. The fraction of sp³-hybridized carbons (Fsp3) is 0.158. The van der Waals surface area contributed by atoms with E-state index in [9.17, 15) is 0 Å². The lowest BCUT2D eigenvalue weighted by Crippen LogP contribution is -2.36. The molecule has 3 aromatic rings. The van der Waals surface area contributed by atoms with Crippen molar-refractivity contribution in [3.8, 4) is 11.3 Å². The largest absolute Gasteiger partial charge is 0.356 e. The molecule has 0 bridgehead atoms. The Kier molecular flexibility index (Phi) is 5.24. The molecule has 0 aliphatic rings. The zero-order valence-corrected chi connectivity index (χ0v) is 13.6. The fourth-order valence-electron chi connectivity index (χ4n) is 2.31. The van der Waals surface area contributed by atoms with Gasteiger partial charge in [0.15, 0.2) is 11.7 Å². The van der Waals surface area contributed by atoms with Gasteiger partial charge in [0.1, 0.15) is 5.69 Å². The molecule has 0 aliphatic heterocycles. The van der Waals surface area contributed by atoms with Gasteiger partial charge >= 0.3 is 0 Å². The number of hydrogen-bond acceptors (Lipinski definition) is 3. The van der Waals surface area contributed by atoms with E-state index in [2.05, 4.69) is 32.9 Å². The Bertz CT molecular complexity index is 781. The summed E-state index contributed by atoms with van der Waals surface area (Å²) < 4.78 is 5.40. The second-order valence-corrected chi connectivity index (χ2v) is 5.31. The molecule has 5 nitrogen and oxygen atoms in total. The van der Waals surface area contributed by atoms with Crippen LogP contribution in [0.5, 0.6) is 0 Å². The van der Waals surface area contributed by atoms with Gasteiger partial charge in [-0.3, -0.25) is 4.99 Å². The lowest BCUT2D eigenvalue weighted by atomic mass is 10.2. The highest BCUT2D eigenvalue weighted by Gasteiger charge is 2.07. The van der Waals surface area contributed by atoms with Crippen molar-refractivity contribution in [1.29, 1.82) is 0 Å². The van der Waals surface area contributed by atoms with Crippen molar-refractivity contribution in [1.82, 2.24) is 15.8 Å². The molecule has 0 radical (unpaired) electrons. The third-order valence-corrected chi connectivity index (χ3v) is 3.58. The van der Waals surface area contributed by atoms with Gasteiger partial charge in [-0.25, -0.2) is 0 Å². The van der Waals surface area contributed by atoms with Crippen LogP contribution in [0, 0.1) is 0 Å². The van der Waals surface area contributed by atoms with Gasteiger partial charge in [-0.1, -0.05) is 65.8 Å². The maximum atomic E-state index is 5.40. The van der Waals surface area contributed by atoms with Gasteiger partial charge in [0, 0.05) is 25.2 Å². The molecule has 2 N–H and O–H groups in total. The molecule has 0 saturated carbocycles. The highest BCUT2D eigenvalue weighted by molar-refractivity contribution is 5.79. The molecule has 24 heavy (non-hydrogen) atoms. The highest BCUT2D eigenvalue weighted by Crippen LogP contribution is 2.19. The van der Waals surface area contributed by atoms with Gasteiger partial charge in [-0.15, -0.1) is 0 Å². The molecule has 122 valence electrons. The van der Waals surface area contributed by atoms with Gasteiger partial charge in [-0.05, 0) is 5.56 Å². The number of benzene rings is 2. The average molecular weight is 320 g/mol. The van der Waals surface area contributed by atoms with Crippen LogP contribution in [0.1, 0.15) is 11.3 Å². The van der Waals surface area contributed by atoms with E-state index in [1.165, 1.54) is 5.56 Å². The summed E-state index contributed by atoms with van der Waals surface area (Å²) in [5.74, 6) is 1.49. The van der Waals surface area contributed by atoms with E-state index in [-0.39, 0.29) is 0 Å². The summed E-state index contributed by atoms with van der Waals surface area (Å²) in [6.45, 7) is 1.26. The molecular formula is C19H20N4O. The van der Waals surface area contributed by atoms with Crippen LogP contribution in [0.4, 0.5) is 0 Å².